The average molecular weight is 318 g/mol. The minimum Gasteiger partial charge on any atom is -0.334 e. The maximum atomic E-state index is 12.1. The second kappa shape index (κ2) is 5.68. The number of ketones is 1. The van der Waals surface area contributed by atoms with E-state index in [2.05, 4.69) is 15.0 Å². The molecule has 0 saturated carbocycles. The van der Waals surface area contributed by atoms with Gasteiger partial charge in [0, 0.05) is 16.2 Å². The van der Waals surface area contributed by atoms with E-state index in [1.807, 2.05) is 6.07 Å². The van der Waals surface area contributed by atoms with Crippen molar-refractivity contribution in [1.82, 2.24) is 15.0 Å². The number of H-pyrrole nitrogens is 1. The molecule has 1 N–H and O–H groups in total. The number of nitrogens with zero attached hydrogens (tertiary/aromatic N) is 2. The largest absolute Gasteiger partial charge is 0.334 e. The molecule has 3 aromatic rings. The Bertz CT molecular complexity index is 822. The number of hydrogen-bond donors (Lipinski definition) is 1. The zero-order chi connectivity index (χ0) is 14.8. The van der Waals surface area contributed by atoms with E-state index in [-0.39, 0.29) is 11.6 Å². The molecule has 0 spiro atoms. The van der Waals surface area contributed by atoms with Crippen molar-refractivity contribution in [2.24, 2.45) is 0 Å². The van der Waals surface area contributed by atoms with Crippen LogP contribution in [-0.2, 0) is 0 Å². The molecule has 21 heavy (non-hydrogen) atoms. The van der Waals surface area contributed by atoms with Gasteiger partial charge in [-0.25, -0.2) is 9.97 Å². The Balaban J connectivity index is 1.86. The number of benzene rings is 1. The Hall–Kier alpha value is -2.17. The summed E-state index contributed by atoms with van der Waals surface area (Å²) in [6.07, 6.45) is 4.66. The summed E-state index contributed by atoms with van der Waals surface area (Å²) in [5.74, 6) is -0.0101. The molecule has 0 fully saturated rings. The van der Waals surface area contributed by atoms with Gasteiger partial charge >= 0.3 is 0 Å². The monoisotopic (exact) mass is 317 g/mol. The Morgan fingerprint density at radius 1 is 1.24 bits per heavy atom. The van der Waals surface area contributed by atoms with E-state index < -0.39 is 0 Å². The van der Waals surface area contributed by atoms with Crippen molar-refractivity contribution >= 4 is 46.2 Å². The third-order valence-corrected chi connectivity index (χ3v) is 3.43. The first-order valence-corrected chi connectivity index (χ1v) is 6.87. The van der Waals surface area contributed by atoms with E-state index in [1.165, 1.54) is 6.08 Å². The van der Waals surface area contributed by atoms with E-state index in [0.717, 1.165) is 5.52 Å². The van der Waals surface area contributed by atoms with E-state index in [0.29, 0.717) is 21.3 Å². The van der Waals surface area contributed by atoms with E-state index in [4.69, 9.17) is 23.2 Å². The van der Waals surface area contributed by atoms with E-state index in [9.17, 15) is 4.79 Å². The molecule has 3 rings (SSSR count). The van der Waals surface area contributed by atoms with Gasteiger partial charge in [0.2, 0.25) is 5.78 Å². The lowest BCUT2D eigenvalue weighted by Gasteiger charge is -1.98. The SMILES string of the molecule is O=C(/C=C/c1ccc(Cl)cc1Cl)c1nc2ncccc2[nH]1. The molecule has 0 aliphatic carbocycles. The number of aromatic nitrogens is 3. The van der Waals surface area contributed by atoms with Gasteiger partial charge in [-0.2, -0.15) is 0 Å². The van der Waals surface area contributed by atoms with Crippen LogP contribution in [0.3, 0.4) is 0 Å². The summed E-state index contributed by atoms with van der Waals surface area (Å²) in [5.41, 5.74) is 1.95. The zero-order valence-corrected chi connectivity index (χ0v) is 12.2. The van der Waals surface area contributed by atoms with Gasteiger partial charge in [0.25, 0.3) is 0 Å². The Morgan fingerprint density at radius 3 is 2.86 bits per heavy atom. The summed E-state index contributed by atoms with van der Waals surface area (Å²) >= 11 is 11.9. The first-order valence-electron chi connectivity index (χ1n) is 6.12. The second-order valence-corrected chi connectivity index (χ2v) is 5.17. The molecule has 4 nitrogen and oxygen atoms in total. The topological polar surface area (TPSA) is 58.6 Å². The van der Waals surface area contributed by atoms with Crippen LogP contribution in [0.15, 0.2) is 42.6 Å². The van der Waals surface area contributed by atoms with Crippen LogP contribution in [0.2, 0.25) is 10.0 Å². The Labute approximate surface area is 130 Å². The van der Waals surface area contributed by atoms with Gasteiger partial charge < -0.3 is 4.98 Å². The predicted molar refractivity (Wildman–Crippen MR) is 83.7 cm³/mol. The third-order valence-electron chi connectivity index (χ3n) is 2.87. The standard InChI is InChI=1S/C15H9Cl2N3O/c16-10-5-3-9(11(17)8-10)4-6-13(21)15-19-12-2-1-7-18-14(12)20-15/h1-8H,(H,18,19,20)/b6-4+. The van der Waals surface area contributed by atoms with Crippen LogP contribution in [0.25, 0.3) is 17.2 Å². The fourth-order valence-corrected chi connectivity index (χ4v) is 2.31. The first kappa shape index (κ1) is 13.8. The molecule has 0 atom stereocenters. The molecule has 0 saturated heterocycles. The zero-order valence-electron chi connectivity index (χ0n) is 10.7. The molecule has 0 amide bonds. The lowest BCUT2D eigenvalue weighted by atomic mass is 10.2. The number of nitrogens with one attached hydrogen (secondary N) is 1. The van der Waals surface area contributed by atoms with E-state index in [1.54, 1.807) is 36.5 Å². The normalized spacial score (nSPS) is 11.3. The van der Waals surface area contributed by atoms with Crippen LogP contribution in [0.4, 0.5) is 0 Å². The molecule has 0 radical (unpaired) electrons. The highest BCUT2D eigenvalue weighted by Gasteiger charge is 2.09. The van der Waals surface area contributed by atoms with Gasteiger partial charge in [0.05, 0.1) is 5.52 Å². The molecule has 0 unspecified atom stereocenters. The summed E-state index contributed by atoms with van der Waals surface area (Å²) < 4.78 is 0. The minimum atomic E-state index is -0.251. The Kier molecular flexibility index (Phi) is 3.73. The van der Waals surface area contributed by atoms with Gasteiger partial charge in [-0.05, 0) is 42.0 Å². The van der Waals surface area contributed by atoms with E-state index >= 15 is 0 Å². The minimum absolute atomic E-state index is 0.241. The number of pyridine rings is 1. The average Bonchev–Trinajstić information content (AvgIpc) is 2.90. The van der Waals surface area contributed by atoms with Gasteiger partial charge in [-0.15, -0.1) is 0 Å². The van der Waals surface area contributed by atoms with Crippen LogP contribution in [0.1, 0.15) is 16.2 Å². The molecule has 2 heterocycles. The number of carbonyl (C=O) groups is 1. The highest BCUT2D eigenvalue weighted by molar-refractivity contribution is 6.35. The maximum Gasteiger partial charge on any atom is 0.221 e. The van der Waals surface area contributed by atoms with Crippen LogP contribution in [0.5, 0.6) is 0 Å². The van der Waals surface area contributed by atoms with Crippen molar-refractivity contribution in [2.75, 3.05) is 0 Å². The number of carbonyl (C=O) groups excluding carboxylic acids is 1. The molecule has 6 heteroatoms. The van der Waals surface area contributed by atoms with Crippen molar-refractivity contribution < 1.29 is 4.79 Å². The number of fused-ring (bicyclic) bond motifs is 1. The highest BCUT2D eigenvalue weighted by atomic mass is 35.5. The van der Waals surface area contributed by atoms with Crippen LogP contribution in [0, 0.1) is 0 Å². The van der Waals surface area contributed by atoms with Crippen LogP contribution >= 0.6 is 23.2 Å². The van der Waals surface area contributed by atoms with Crippen molar-refractivity contribution in [3.63, 3.8) is 0 Å². The molecule has 0 aliphatic rings. The van der Waals surface area contributed by atoms with Gasteiger partial charge in [0.1, 0.15) is 0 Å². The van der Waals surface area contributed by atoms with Crippen LogP contribution < -0.4 is 0 Å². The maximum absolute atomic E-state index is 12.1. The number of hydrogen-bond acceptors (Lipinski definition) is 3. The highest BCUT2D eigenvalue weighted by Crippen LogP contribution is 2.22. The quantitative estimate of drug-likeness (QED) is 0.583. The fraction of sp³-hybridized carbons (Fsp3) is 0. The van der Waals surface area contributed by atoms with Gasteiger partial charge in [-0.1, -0.05) is 29.3 Å². The van der Waals surface area contributed by atoms with Crippen molar-refractivity contribution in [3.8, 4) is 0 Å². The smallest absolute Gasteiger partial charge is 0.221 e. The second-order valence-electron chi connectivity index (χ2n) is 4.32. The number of imidazole rings is 1. The lowest BCUT2D eigenvalue weighted by Crippen LogP contribution is -1.96. The first-order chi connectivity index (χ1) is 10.1. The molecule has 0 aliphatic heterocycles. The summed E-state index contributed by atoms with van der Waals surface area (Å²) in [7, 11) is 0. The third kappa shape index (κ3) is 2.96. The summed E-state index contributed by atoms with van der Waals surface area (Å²) in [6.45, 7) is 0. The van der Waals surface area contributed by atoms with Crippen molar-refractivity contribution in [2.45, 2.75) is 0 Å². The number of rotatable bonds is 3. The van der Waals surface area contributed by atoms with Crippen molar-refractivity contribution in [1.29, 1.82) is 0 Å². The molecule has 0 bridgehead atoms. The molecule has 1 aromatic carbocycles. The van der Waals surface area contributed by atoms with Crippen LogP contribution in [-0.4, -0.2) is 20.7 Å². The molecular weight excluding hydrogens is 309 g/mol. The van der Waals surface area contributed by atoms with Gasteiger partial charge in [0.15, 0.2) is 11.5 Å². The summed E-state index contributed by atoms with van der Waals surface area (Å²) in [4.78, 5) is 23.2. The number of halogens is 2. The summed E-state index contributed by atoms with van der Waals surface area (Å²) in [5, 5.41) is 1.03. The van der Waals surface area contributed by atoms with Crippen molar-refractivity contribution in [3.05, 3.63) is 64.0 Å². The fourth-order valence-electron chi connectivity index (χ4n) is 1.84. The number of allylic oxidation sites excluding steroid dienone is 1. The molecule has 2 aromatic heterocycles. The molecule has 104 valence electrons. The molecular formula is C15H9Cl2N3O. The summed E-state index contributed by atoms with van der Waals surface area (Å²) in [6, 6.07) is 8.67. The lowest BCUT2D eigenvalue weighted by molar-refractivity contribution is 0.103. The number of aromatic amines is 1. The Morgan fingerprint density at radius 2 is 2.10 bits per heavy atom. The van der Waals surface area contributed by atoms with Gasteiger partial charge in [-0.3, -0.25) is 4.79 Å². The predicted octanol–water partition coefficient (Wildman–Crippen LogP) is 4.16.